The Morgan fingerprint density at radius 1 is 0.800 bits per heavy atom. The highest BCUT2D eigenvalue weighted by molar-refractivity contribution is 6.76. The monoisotopic (exact) mass is 491 g/mol. The molecule has 1 fully saturated rings. The maximum absolute atomic E-state index is 11.7. The number of ether oxygens (including phenoxy) is 6. The smallest absolute Gasteiger partial charge is 0.303 e. The Morgan fingerprint density at radius 2 is 1.27 bits per heavy atom. The summed E-state index contributed by atoms with van der Waals surface area (Å²) in [5.41, 5.74) is 0. The van der Waals surface area contributed by atoms with E-state index >= 15 is 0 Å². The fraction of sp³-hybridized carbons (Fsp3) is 0.688. The molecule has 1 saturated heterocycles. The third kappa shape index (κ3) is 8.13. The van der Waals surface area contributed by atoms with Gasteiger partial charge in [-0.05, 0) is 0 Å². The van der Waals surface area contributed by atoms with Gasteiger partial charge in [0.05, 0.1) is 0 Å². The second-order valence-corrected chi connectivity index (χ2v) is 8.29. The van der Waals surface area contributed by atoms with Crippen molar-refractivity contribution in [3.05, 3.63) is 0 Å². The maximum atomic E-state index is 11.7. The zero-order valence-electron chi connectivity index (χ0n) is 16.3. The second-order valence-electron chi connectivity index (χ2n) is 6.01. The van der Waals surface area contributed by atoms with Crippen LogP contribution < -0.4 is 0 Å². The van der Waals surface area contributed by atoms with Crippen molar-refractivity contribution in [3.63, 3.8) is 0 Å². The standard InChI is InChI=1S/C16H20Cl3NO10/c1-6(21)25-5-10-11(26-7(2)22)12(27-8(3)23)13(28-9(4)24)14(29-10)30-15(20)16(17,18)19/h10-14,20H,5H2,1-4H3/t10-,11+,12+,13-,14+/m1/s1. The van der Waals surface area contributed by atoms with Gasteiger partial charge in [-0.2, -0.15) is 0 Å². The Kier molecular flexibility index (Phi) is 9.60. The zero-order valence-corrected chi connectivity index (χ0v) is 18.6. The number of rotatable bonds is 6. The summed E-state index contributed by atoms with van der Waals surface area (Å²) < 4.78 is 28.9. The largest absolute Gasteiger partial charge is 0.463 e. The minimum Gasteiger partial charge on any atom is -0.463 e. The predicted molar refractivity (Wildman–Crippen MR) is 101 cm³/mol. The molecule has 30 heavy (non-hydrogen) atoms. The molecule has 0 aliphatic carbocycles. The van der Waals surface area contributed by atoms with Crippen LogP contribution in [-0.2, 0) is 47.6 Å². The van der Waals surface area contributed by atoms with Crippen LogP contribution in [0, 0.1) is 5.41 Å². The lowest BCUT2D eigenvalue weighted by Gasteiger charge is -2.44. The van der Waals surface area contributed by atoms with Crippen molar-refractivity contribution in [2.75, 3.05) is 6.61 Å². The molecule has 0 bridgehead atoms. The lowest BCUT2D eigenvalue weighted by molar-refractivity contribution is -0.292. The molecule has 1 rings (SSSR count). The Balaban J connectivity index is 3.37. The Bertz CT molecular complexity index is 695. The summed E-state index contributed by atoms with van der Waals surface area (Å²) in [6.07, 6.45) is -7.25. The maximum Gasteiger partial charge on any atom is 0.303 e. The summed E-state index contributed by atoms with van der Waals surface area (Å²) in [7, 11) is 0. The lowest BCUT2D eigenvalue weighted by atomic mass is 9.98. The van der Waals surface area contributed by atoms with Crippen LogP contribution in [0.5, 0.6) is 0 Å². The van der Waals surface area contributed by atoms with Gasteiger partial charge in [-0.15, -0.1) is 0 Å². The summed E-state index contributed by atoms with van der Waals surface area (Å²) in [5.74, 6) is -4.03. The molecule has 0 radical (unpaired) electrons. The van der Waals surface area contributed by atoms with Crippen LogP contribution in [0.3, 0.4) is 0 Å². The molecule has 0 aromatic heterocycles. The van der Waals surface area contributed by atoms with Gasteiger partial charge >= 0.3 is 23.9 Å². The van der Waals surface area contributed by atoms with E-state index in [1.807, 2.05) is 0 Å². The van der Waals surface area contributed by atoms with Gasteiger partial charge in [-0.1, -0.05) is 34.8 Å². The summed E-state index contributed by atoms with van der Waals surface area (Å²) in [4.78, 5) is 46.1. The average molecular weight is 493 g/mol. The summed E-state index contributed by atoms with van der Waals surface area (Å²) in [6.45, 7) is 3.86. The number of carbonyl (C=O) groups is 4. The van der Waals surface area contributed by atoms with E-state index in [4.69, 9.17) is 68.6 Å². The number of alkyl halides is 3. The highest BCUT2D eigenvalue weighted by Crippen LogP contribution is 2.33. The van der Waals surface area contributed by atoms with Crippen LogP contribution >= 0.6 is 34.8 Å². The second kappa shape index (κ2) is 11.0. The highest BCUT2D eigenvalue weighted by Gasteiger charge is 2.54. The third-order valence-electron chi connectivity index (χ3n) is 3.44. The summed E-state index contributed by atoms with van der Waals surface area (Å²) in [6, 6.07) is 0. The molecule has 1 N–H and O–H groups in total. The topological polar surface area (TPSA) is 148 Å². The Hall–Kier alpha value is -1.82. The fourth-order valence-electron chi connectivity index (χ4n) is 2.47. The number of halogens is 3. The average Bonchev–Trinajstić information content (AvgIpc) is 2.56. The van der Waals surface area contributed by atoms with Crippen LogP contribution in [-0.4, -0.2) is 70.9 Å². The summed E-state index contributed by atoms with van der Waals surface area (Å²) >= 11 is 16.8. The van der Waals surface area contributed by atoms with Crippen LogP contribution in [0.25, 0.3) is 0 Å². The molecule has 1 aliphatic rings. The number of hydrogen-bond acceptors (Lipinski definition) is 11. The molecule has 14 heteroatoms. The van der Waals surface area contributed by atoms with E-state index in [9.17, 15) is 19.2 Å². The van der Waals surface area contributed by atoms with Crippen molar-refractivity contribution in [2.24, 2.45) is 0 Å². The first-order valence-corrected chi connectivity index (χ1v) is 9.48. The van der Waals surface area contributed by atoms with Gasteiger partial charge in [0.25, 0.3) is 3.79 Å². The quantitative estimate of drug-likeness (QED) is 0.190. The van der Waals surface area contributed by atoms with Gasteiger partial charge in [0.2, 0.25) is 18.3 Å². The van der Waals surface area contributed by atoms with Crippen LogP contribution in [0.1, 0.15) is 27.7 Å². The molecular weight excluding hydrogens is 473 g/mol. The molecule has 0 spiro atoms. The third-order valence-corrected chi connectivity index (χ3v) is 3.95. The minimum atomic E-state index is -2.29. The molecular formula is C16H20Cl3NO10. The molecule has 5 atom stereocenters. The normalized spacial score (nSPS) is 26.2. The molecule has 11 nitrogen and oxygen atoms in total. The predicted octanol–water partition coefficient (Wildman–Crippen LogP) is 1.43. The van der Waals surface area contributed by atoms with Crippen molar-refractivity contribution in [1.82, 2.24) is 0 Å². The number of carbonyl (C=O) groups excluding carboxylic acids is 4. The molecule has 0 saturated carbocycles. The van der Waals surface area contributed by atoms with Crippen molar-refractivity contribution >= 4 is 64.6 Å². The first-order chi connectivity index (χ1) is 13.7. The minimum absolute atomic E-state index is 0.460. The zero-order chi connectivity index (χ0) is 23.2. The Morgan fingerprint density at radius 3 is 1.70 bits per heavy atom. The van der Waals surface area contributed by atoms with Crippen molar-refractivity contribution in [3.8, 4) is 0 Å². The SMILES string of the molecule is CC(=O)OC[C@H]1O[C@@H](OC(=N)C(Cl)(Cl)Cl)[C@H](OC(C)=O)[C@@H](OC(C)=O)[C@H]1OC(C)=O. The number of esters is 4. The number of hydrogen-bond donors (Lipinski definition) is 1. The van der Waals surface area contributed by atoms with E-state index < -0.39 is 70.9 Å². The van der Waals surface area contributed by atoms with Gasteiger partial charge in [-0.25, -0.2) is 0 Å². The molecule has 0 unspecified atom stereocenters. The number of nitrogens with one attached hydrogen (secondary N) is 1. The van der Waals surface area contributed by atoms with Gasteiger partial charge in [-0.3, -0.25) is 24.6 Å². The van der Waals surface area contributed by atoms with E-state index in [2.05, 4.69) is 0 Å². The Labute approximate surface area is 186 Å². The first-order valence-electron chi connectivity index (χ1n) is 8.35. The summed E-state index contributed by atoms with van der Waals surface area (Å²) in [5, 5.41) is 7.74. The highest BCUT2D eigenvalue weighted by atomic mass is 35.6. The fourth-order valence-corrected chi connectivity index (χ4v) is 2.60. The van der Waals surface area contributed by atoms with Gasteiger partial charge in [0, 0.05) is 27.7 Å². The molecule has 170 valence electrons. The van der Waals surface area contributed by atoms with E-state index in [0.717, 1.165) is 27.7 Å². The van der Waals surface area contributed by atoms with Crippen molar-refractivity contribution in [1.29, 1.82) is 5.41 Å². The van der Waals surface area contributed by atoms with Gasteiger partial charge in [0.1, 0.15) is 12.7 Å². The van der Waals surface area contributed by atoms with E-state index in [1.165, 1.54) is 0 Å². The molecule has 0 aromatic rings. The first kappa shape index (κ1) is 26.2. The van der Waals surface area contributed by atoms with Crippen molar-refractivity contribution in [2.45, 2.75) is 62.2 Å². The lowest BCUT2D eigenvalue weighted by Crippen LogP contribution is -2.63. The van der Waals surface area contributed by atoms with Crippen LogP contribution in [0.2, 0.25) is 0 Å². The molecule has 1 heterocycles. The van der Waals surface area contributed by atoms with Gasteiger partial charge in [0.15, 0.2) is 12.2 Å². The van der Waals surface area contributed by atoms with Crippen LogP contribution in [0.4, 0.5) is 0 Å². The van der Waals surface area contributed by atoms with E-state index in [-0.39, 0.29) is 0 Å². The van der Waals surface area contributed by atoms with Crippen molar-refractivity contribution < 1.29 is 47.6 Å². The molecule has 0 aromatic carbocycles. The van der Waals surface area contributed by atoms with Crippen LogP contribution in [0.15, 0.2) is 0 Å². The van der Waals surface area contributed by atoms with Gasteiger partial charge < -0.3 is 28.4 Å². The molecule has 1 aliphatic heterocycles. The van der Waals surface area contributed by atoms with E-state index in [0.29, 0.717) is 0 Å². The van der Waals surface area contributed by atoms with E-state index in [1.54, 1.807) is 0 Å². The molecule has 0 amide bonds.